The van der Waals surface area contributed by atoms with Crippen molar-refractivity contribution in [3.05, 3.63) is 0 Å². The van der Waals surface area contributed by atoms with Gasteiger partial charge in [-0.25, -0.2) is 0 Å². The molecule has 0 aliphatic rings. The summed E-state index contributed by atoms with van der Waals surface area (Å²) >= 11 is 0. The summed E-state index contributed by atoms with van der Waals surface area (Å²) in [5.74, 6) is -0.439. The maximum atomic E-state index is 11.4. The van der Waals surface area contributed by atoms with Crippen LogP contribution in [-0.2, 0) is 9.59 Å². The summed E-state index contributed by atoms with van der Waals surface area (Å²) in [6.07, 6.45) is 1.73. The van der Waals surface area contributed by atoms with Crippen LogP contribution in [-0.4, -0.2) is 37.5 Å². The topological polar surface area (TPSA) is 110 Å². The number of nitrogens with two attached hydrogens (primary N) is 2. The van der Waals surface area contributed by atoms with Gasteiger partial charge in [-0.2, -0.15) is 0 Å². The fourth-order valence-electron chi connectivity index (χ4n) is 1.15. The van der Waals surface area contributed by atoms with E-state index in [1.807, 2.05) is 13.8 Å². The summed E-state index contributed by atoms with van der Waals surface area (Å²) in [4.78, 5) is 22.7. The zero-order chi connectivity index (χ0) is 13.3. The molecule has 0 bridgehead atoms. The lowest BCUT2D eigenvalue weighted by molar-refractivity contribution is -0.127. The first-order valence-corrected chi connectivity index (χ1v) is 5.99. The van der Waals surface area contributed by atoms with Gasteiger partial charge in [0.2, 0.25) is 11.8 Å². The molecule has 6 N–H and O–H groups in total. The molecule has 0 heterocycles. The van der Waals surface area contributed by atoms with Crippen molar-refractivity contribution in [1.29, 1.82) is 0 Å². The molecule has 6 nitrogen and oxygen atoms in total. The number of carbonyl (C=O) groups excluding carboxylic acids is 2. The van der Waals surface area contributed by atoms with Crippen LogP contribution in [0.15, 0.2) is 0 Å². The molecule has 0 aromatic carbocycles. The molecule has 2 amide bonds. The van der Waals surface area contributed by atoms with E-state index in [4.69, 9.17) is 11.5 Å². The number of unbranched alkanes of at least 4 members (excludes halogenated alkanes) is 1. The van der Waals surface area contributed by atoms with Crippen molar-refractivity contribution in [2.24, 2.45) is 17.4 Å². The van der Waals surface area contributed by atoms with Crippen molar-refractivity contribution in [2.45, 2.75) is 32.7 Å². The Hall–Kier alpha value is -1.14. The van der Waals surface area contributed by atoms with Crippen LogP contribution in [0, 0.1) is 5.92 Å². The standard InChI is InChI=1S/C11H24N4O2/c1-8(2)10(13)11(17)15-7-9(16)14-6-4-3-5-12/h8,10H,3-7,12-13H2,1-2H3,(H,14,16)(H,15,17)/t10-/m0/s1. The summed E-state index contributed by atoms with van der Waals surface area (Å²) in [6.45, 7) is 4.90. The Kier molecular flexibility index (Phi) is 8.35. The lowest BCUT2D eigenvalue weighted by atomic mass is 10.1. The minimum absolute atomic E-state index is 0.0259. The SMILES string of the molecule is CC(C)[C@H](N)C(=O)NCC(=O)NCCCCN. The van der Waals surface area contributed by atoms with Gasteiger partial charge in [-0.1, -0.05) is 13.8 Å². The normalized spacial score (nSPS) is 12.3. The van der Waals surface area contributed by atoms with E-state index in [1.165, 1.54) is 0 Å². The van der Waals surface area contributed by atoms with Crippen LogP contribution in [0.2, 0.25) is 0 Å². The van der Waals surface area contributed by atoms with Crippen molar-refractivity contribution in [2.75, 3.05) is 19.6 Å². The van der Waals surface area contributed by atoms with Gasteiger partial charge in [0.15, 0.2) is 0 Å². The fraction of sp³-hybridized carbons (Fsp3) is 0.818. The zero-order valence-electron chi connectivity index (χ0n) is 10.7. The molecule has 100 valence electrons. The summed E-state index contributed by atoms with van der Waals surface area (Å²) in [7, 11) is 0. The highest BCUT2D eigenvalue weighted by atomic mass is 16.2. The fourth-order valence-corrected chi connectivity index (χ4v) is 1.15. The molecule has 6 heteroatoms. The molecular weight excluding hydrogens is 220 g/mol. The van der Waals surface area contributed by atoms with Gasteiger partial charge in [0.1, 0.15) is 0 Å². The quantitative estimate of drug-likeness (QED) is 0.408. The number of hydrogen-bond acceptors (Lipinski definition) is 4. The van der Waals surface area contributed by atoms with Crippen LogP contribution in [0.5, 0.6) is 0 Å². The number of rotatable bonds is 8. The van der Waals surface area contributed by atoms with Gasteiger partial charge in [0.05, 0.1) is 12.6 Å². The van der Waals surface area contributed by atoms with Crippen LogP contribution in [0.1, 0.15) is 26.7 Å². The summed E-state index contributed by atoms with van der Waals surface area (Å²) < 4.78 is 0. The molecule has 0 fully saturated rings. The second-order valence-corrected chi connectivity index (χ2v) is 4.33. The average Bonchev–Trinajstić information content (AvgIpc) is 2.30. The highest BCUT2D eigenvalue weighted by Crippen LogP contribution is 1.97. The third-order valence-corrected chi connectivity index (χ3v) is 2.40. The zero-order valence-corrected chi connectivity index (χ0v) is 10.7. The van der Waals surface area contributed by atoms with E-state index in [0.29, 0.717) is 13.1 Å². The Balaban J connectivity index is 3.66. The number of amides is 2. The first-order chi connectivity index (χ1) is 7.99. The Labute approximate surface area is 102 Å². The molecule has 0 radical (unpaired) electrons. The van der Waals surface area contributed by atoms with E-state index in [9.17, 15) is 9.59 Å². The second kappa shape index (κ2) is 8.95. The van der Waals surface area contributed by atoms with E-state index in [2.05, 4.69) is 10.6 Å². The van der Waals surface area contributed by atoms with Crippen molar-refractivity contribution in [3.63, 3.8) is 0 Å². The van der Waals surface area contributed by atoms with Gasteiger partial charge < -0.3 is 22.1 Å². The van der Waals surface area contributed by atoms with Crippen molar-refractivity contribution < 1.29 is 9.59 Å². The van der Waals surface area contributed by atoms with Crippen LogP contribution >= 0.6 is 0 Å². The third kappa shape index (κ3) is 7.70. The summed E-state index contributed by atoms with van der Waals surface area (Å²) in [6, 6.07) is -0.569. The summed E-state index contributed by atoms with van der Waals surface area (Å²) in [5.41, 5.74) is 11.0. The third-order valence-electron chi connectivity index (χ3n) is 2.40. The molecule has 1 atom stereocenters. The van der Waals surface area contributed by atoms with Crippen molar-refractivity contribution in [1.82, 2.24) is 10.6 Å². The molecule has 0 aromatic heterocycles. The lowest BCUT2D eigenvalue weighted by Gasteiger charge is -2.15. The largest absolute Gasteiger partial charge is 0.355 e. The van der Waals surface area contributed by atoms with Crippen LogP contribution < -0.4 is 22.1 Å². The predicted octanol–water partition coefficient (Wildman–Crippen LogP) is -1.06. The van der Waals surface area contributed by atoms with E-state index in [-0.39, 0.29) is 24.3 Å². The van der Waals surface area contributed by atoms with Gasteiger partial charge in [0.25, 0.3) is 0 Å². The highest BCUT2D eigenvalue weighted by molar-refractivity contribution is 5.87. The second-order valence-electron chi connectivity index (χ2n) is 4.33. The molecule has 0 rings (SSSR count). The Bertz CT molecular complexity index is 244. The number of nitrogens with one attached hydrogen (secondary N) is 2. The Morgan fingerprint density at radius 3 is 2.35 bits per heavy atom. The maximum absolute atomic E-state index is 11.4. The minimum atomic E-state index is -0.569. The van der Waals surface area contributed by atoms with E-state index < -0.39 is 6.04 Å². The average molecular weight is 244 g/mol. The molecule has 17 heavy (non-hydrogen) atoms. The molecule has 0 aliphatic carbocycles. The van der Waals surface area contributed by atoms with Gasteiger partial charge >= 0.3 is 0 Å². The monoisotopic (exact) mass is 244 g/mol. The van der Waals surface area contributed by atoms with E-state index in [0.717, 1.165) is 12.8 Å². The van der Waals surface area contributed by atoms with Crippen molar-refractivity contribution in [3.8, 4) is 0 Å². The Morgan fingerprint density at radius 2 is 1.82 bits per heavy atom. The minimum Gasteiger partial charge on any atom is -0.355 e. The van der Waals surface area contributed by atoms with Gasteiger partial charge in [-0.15, -0.1) is 0 Å². The molecular formula is C11H24N4O2. The lowest BCUT2D eigenvalue weighted by Crippen LogP contribution is -2.47. The van der Waals surface area contributed by atoms with E-state index in [1.54, 1.807) is 0 Å². The Morgan fingerprint density at radius 1 is 1.18 bits per heavy atom. The van der Waals surface area contributed by atoms with Crippen LogP contribution in [0.25, 0.3) is 0 Å². The first kappa shape index (κ1) is 15.9. The summed E-state index contributed by atoms with van der Waals surface area (Å²) in [5, 5.41) is 5.19. The highest BCUT2D eigenvalue weighted by Gasteiger charge is 2.17. The predicted molar refractivity (Wildman–Crippen MR) is 67.1 cm³/mol. The van der Waals surface area contributed by atoms with Gasteiger partial charge in [0, 0.05) is 6.54 Å². The number of carbonyl (C=O) groups is 2. The molecule has 0 unspecified atom stereocenters. The van der Waals surface area contributed by atoms with Gasteiger partial charge in [-0.05, 0) is 25.3 Å². The molecule has 0 aliphatic heterocycles. The van der Waals surface area contributed by atoms with Crippen LogP contribution in [0.3, 0.4) is 0 Å². The maximum Gasteiger partial charge on any atom is 0.239 e. The smallest absolute Gasteiger partial charge is 0.239 e. The van der Waals surface area contributed by atoms with Crippen molar-refractivity contribution >= 4 is 11.8 Å². The molecule has 0 saturated carbocycles. The number of hydrogen-bond donors (Lipinski definition) is 4. The molecule has 0 aromatic rings. The first-order valence-electron chi connectivity index (χ1n) is 5.99. The molecule has 0 saturated heterocycles. The van der Waals surface area contributed by atoms with E-state index >= 15 is 0 Å². The van der Waals surface area contributed by atoms with Crippen LogP contribution in [0.4, 0.5) is 0 Å². The molecule has 0 spiro atoms. The van der Waals surface area contributed by atoms with Gasteiger partial charge in [-0.3, -0.25) is 9.59 Å².